The van der Waals surface area contributed by atoms with E-state index in [-0.39, 0.29) is 17.2 Å². The summed E-state index contributed by atoms with van der Waals surface area (Å²) < 4.78 is 40.0. The van der Waals surface area contributed by atoms with Crippen molar-refractivity contribution in [3.63, 3.8) is 0 Å². The molecule has 152 valence electrons. The van der Waals surface area contributed by atoms with Gasteiger partial charge in [0, 0.05) is 16.0 Å². The quantitative estimate of drug-likeness (QED) is 0.553. The summed E-state index contributed by atoms with van der Waals surface area (Å²) in [4.78, 5) is 24.8. The lowest BCUT2D eigenvalue weighted by atomic mass is 10.1. The molecule has 0 saturated carbocycles. The molecule has 1 aromatic heterocycles. The van der Waals surface area contributed by atoms with Crippen LogP contribution in [0.5, 0.6) is 5.75 Å². The van der Waals surface area contributed by atoms with Crippen LogP contribution in [0.3, 0.4) is 0 Å². The zero-order valence-electron chi connectivity index (χ0n) is 15.4. The van der Waals surface area contributed by atoms with Gasteiger partial charge < -0.3 is 19.2 Å². The maximum atomic E-state index is 12.5. The minimum Gasteiger partial charge on any atom is -0.449 e. The topological polar surface area (TPSA) is 77.8 Å². The number of alkyl halides is 2. The molecule has 3 rings (SSSR count). The molecular formula is C20H16ClF2NO5. The van der Waals surface area contributed by atoms with Crippen LogP contribution in [-0.4, -0.2) is 24.6 Å². The summed E-state index contributed by atoms with van der Waals surface area (Å²) in [6, 6.07) is 10.6. The van der Waals surface area contributed by atoms with Gasteiger partial charge in [0.1, 0.15) is 11.3 Å². The first kappa shape index (κ1) is 20.6. The highest BCUT2D eigenvalue weighted by atomic mass is 35.5. The summed E-state index contributed by atoms with van der Waals surface area (Å²) in [6.07, 6.45) is -1.22. The standard InChI is InChI=1S/C20H16ClF2NO5/c1-10-13-9-12(21)7-8-15(13)28-17(10)19(26)27-11(2)18(25)24-14-5-3-4-6-16(14)29-20(22)23/h3-9,11,20H,1-2H3,(H,24,25). The molecule has 9 heteroatoms. The van der Waals surface area contributed by atoms with Gasteiger partial charge in [0.15, 0.2) is 6.10 Å². The van der Waals surface area contributed by atoms with Crippen LogP contribution >= 0.6 is 11.6 Å². The SMILES string of the molecule is Cc1c(C(=O)OC(C)C(=O)Nc2ccccc2OC(F)F)oc2ccc(Cl)cc12. The number of nitrogens with one attached hydrogen (secondary N) is 1. The number of carbonyl (C=O) groups excluding carboxylic acids is 2. The van der Waals surface area contributed by atoms with Crippen molar-refractivity contribution >= 4 is 40.1 Å². The smallest absolute Gasteiger partial charge is 0.387 e. The number of amides is 1. The third kappa shape index (κ3) is 4.65. The molecule has 0 aliphatic rings. The first-order valence-corrected chi connectivity index (χ1v) is 8.88. The molecule has 1 amide bonds. The molecule has 1 heterocycles. The molecule has 1 unspecified atom stereocenters. The monoisotopic (exact) mass is 423 g/mol. The van der Waals surface area contributed by atoms with E-state index in [4.69, 9.17) is 20.8 Å². The molecule has 3 aromatic rings. The number of halogens is 3. The Bertz CT molecular complexity index is 1070. The minimum atomic E-state index is -3.05. The van der Waals surface area contributed by atoms with Gasteiger partial charge in [-0.05, 0) is 44.2 Å². The number of fused-ring (bicyclic) bond motifs is 1. The maximum Gasteiger partial charge on any atom is 0.387 e. The summed E-state index contributed by atoms with van der Waals surface area (Å²) in [5, 5.41) is 3.54. The molecule has 6 nitrogen and oxygen atoms in total. The second kappa shape index (κ2) is 8.48. The number of hydrogen-bond acceptors (Lipinski definition) is 5. The fraction of sp³-hybridized carbons (Fsp3) is 0.200. The molecule has 0 spiro atoms. The second-order valence-corrected chi connectivity index (χ2v) is 6.54. The Morgan fingerprint density at radius 2 is 1.90 bits per heavy atom. The Balaban J connectivity index is 1.72. The Kier molecular flexibility index (Phi) is 6.03. The van der Waals surface area contributed by atoms with E-state index < -0.39 is 24.6 Å². The van der Waals surface area contributed by atoms with Crippen LogP contribution < -0.4 is 10.1 Å². The number of rotatable bonds is 6. The first-order valence-electron chi connectivity index (χ1n) is 8.50. The van der Waals surface area contributed by atoms with Crippen molar-refractivity contribution in [3.05, 3.63) is 58.8 Å². The van der Waals surface area contributed by atoms with Crippen LogP contribution in [0.1, 0.15) is 23.0 Å². The van der Waals surface area contributed by atoms with Gasteiger partial charge in [-0.1, -0.05) is 23.7 Å². The van der Waals surface area contributed by atoms with Crippen molar-refractivity contribution in [1.29, 1.82) is 0 Å². The second-order valence-electron chi connectivity index (χ2n) is 6.11. The van der Waals surface area contributed by atoms with E-state index in [1.165, 1.54) is 31.2 Å². The van der Waals surface area contributed by atoms with E-state index in [0.717, 1.165) is 0 Å². The molecule has 0 bridgehead atoms. The molecule has 0 aliphatic heterocycles. The van der Waals surface area contributed by atoms with Crippen LogP contribution in [-0.2, 0) is 9.53 Å². The summed E-state index contributed by atoms with van der Waals surface area (Å²) in [5.41, 5.74) is 1.00. The van der Waals surface area contributed by atoms with E-state index in [0.29, 0.717) is 21.6 Å². The number of anilines is 1. The molecule has 1 atom stereocenters. The van der Waals surface area contributed by atoms with Crippen LogP contribution in [0.15, 0.2) is 46.9 Å². The largest absolute Gasteiger partial charge is 0.449 e. The van der Waals surface area contributed by atoms with Crippen molar-refractivity contribution in [1.82, 2.24) is 0 Å². The Labute approximate surface area is 169 Å². The molecule has 2 aromatic carbocycles. The number of benzene rings is 2. The van der Waals surface area contributed by atoms with E-state index in [9.17, 15) is 18.4 Å². The Morgan fingerprint density at radius 1 is 1.17 bits per heavy atom. The molecule has 1 N–H and O–H groups in total. The van der Waals surface area contributed by atoms with Gasteiger partial charge in [-0.25, -0.2) is 4.79 Å². The fourth-order valence-electron chi connectivity index (χ4n) is 2.66. The number of hydrogen-bond donors (Lipinski definition) is 1. The summed E-state index contributed by atoms with van der Waals surface area (Å²) in [6.45, 7) is -0.0343. The molecular weight excluding hydrogens is 408 g/mol. The lowest BCUT2D eigenvalue weighted by molar-refractivity contribution is -0.123. The van der Waals surface area contributed by atoms with Crippen LogP contribution in [0, 0.1) is 6.92 Å². The molecule has 0 aliphatic carbocycles. The molecule has 0 fully saturated rings. The first-order chi connectivity index (χ1) is 13.8. The van der Waals surface area contributed by atoms with E-state index in [1.807, 2.05) is 0 Å². The Morgan fingerprint density at radius 3 is 2.62 bits per heavy atom. The highest BCUT2D eigenvalue weighted by Gasteiger charge is 2.25. The van der Waals surface area contributed by atoms with E-state index in [1.54, 1.807) is 25.1 Å². The van der Waals surface area contributed by atoms with Crippen LogP contribution in [0.4, 0.5) is 14.5 Å². The molecule has 0 saturated heterocycles. The highest BCUT2D eigenvalue weighted by Crippen LogP contribution is 2.29. The number of para-hydroxylation sites is 2. The third-order valence-corrected chi connectivity index (χ3v) is 4.33. The number of furan rings is 1. The number of ether oxygens (including phenoxy) is 2. The van der Waals surface area contributed by atoms with Gasteiger partial charge >= 0.3 is 12.6 Å². The summed E-state index contributed by atoms with van der Waals surface area (Å²) in [5.74, 6) is -1.82. The Hall–Kier alpha value is -3.13. The normalized spacial score (nSPS) is 12.1. The van der Waals surface area contributed by atoms with Crippen LogP contribution in [0.25, 0.3) is 11.0 Å². The lowest BCUT2D eigenvalue weighted by Crippen LogP contribution is -2.30. The lowest BCUT2D eigenvalue weighted by Gasteiger charge is -2.15. The van der Waals surface area contributed by atoms with Crippen molar-refractivity contribution < 1.29 is 32.3 Å². The average molecular weight is 424 g/mol. The fourth-order valence-corrected chi connectivity index (χ4v) is 2.83. The van der Waals surface area contributed by atoms with Gasteiger partial charge in [-0.2, -0.15) is 8.78 Å². The summed E-state index contributed by atoms with van der Waals surface area (Å²) >= 11 is 5.96. The van der Waals surface area contributed by atoms with Gasteiger partial charge in [-0.15, -0.1) is 0 Å². The zero-order chi connectivity index (χ0) is 21.1. The van der Waals surface area contributed by atoms with Gasteiger partial charge in [0.05, 0.1) is 5.69 Å². The van der Waals surface area contributed by atoms with Gasteiger partial charge in [0.2, 0.25) is 5.76 Å². The predicted molar refractivity (Wildman–Crippen MR) is 103 cm³/mol. The summed E-state index contributed by atoms with van der Waals surface area (Å²) in [7, 11) is 0. The minimum absolute atomic E-state index is 0.0234. The van der Waals surface area contributed by atoms with Crippen molar-refractivity contribution in [2.45, 2.75) is 26.6 Å². The zero-order valence-corrected chi connectivity index (χ0v) is 16.1. The van der Waals surface area contributed by atoms with Crippen molar-refractivity contribution in [3.8, 4) is 5.75 Å². The van der Waals surface area contributed by atoms with Gasteiger partial charge in [0.25, 0.3) is 5.91 Å². The van der Waals surface area contributed by atoms with E-state index in [2.05, 4.69) is 10.1 Å². The number of esters is 1. The highest BCUT2D eigenvalue weighted by molar-refractivity contribution is 6.31. The van der Waals surface area contributed by atoms with Gasteiger partial charge in [-0.3, -0.25) is 4.79 Å². The van der Waals surface area contributed by atoms with Crippen LogP contribution in [0.2, 0.25) is 5.02 Å². The molecule has 0 radical (unpaired) electrons. The number of carbonyl (C=O) groups is 2. The number of aryl methyl sites for hydroxylation is 1. The average Bonchev–Trinajstić information content (AvgIpc) is 2.99. The molecule has 29 heavy (non-hydrogen) atoms. The predicted octanol–water partition coefficient (Wildman–Crippen LogP) is 5.18. The van der Waals surface area contributed by atoms with Crippen molar-refractivity contribution in [2.24, 2.45) is 0 Å². The van der Waals surface area contributed by atoms with Crippen molar-refractivity contribution in [2.75, 3.05) is 5.32 Å². The maximum absolute atomic E-state index is 12.5. The third-order valence-electron chi connectivity index (χ3n) is 4.10. The van der Waals surface area contributed by atoms with E-state index >= 15 is 0 Å².